The minimum atomic E-state index is -0.340. The largest absolute Gasteiger partial charge is 0.291 e. The zero-order chi connectivity index (χ0) is 12.7. The number of Topliss-reactive ketones (excluding diaryl/α,β-unsaturated/α-hetero) is 2. The van der Waals surface area contributed by atoms with Gasteiger partial charge in [0, 0.05) is 11.7 Å². The molecule has 2 nitrogen and oxygen atoms in total. The summed E-state index contributed by atoms with van der Waals surface area (Å²) in [5.41, 5.74) is -0.451. The van der Waals surface area contributed by atoms with Crippen molar-refractivity contribution in [2.75, 3.05) is 11.5 Å². The number of thioether (sulfide) groups is 1. The molecule has 0 heterocycles. The van der Waals surface area contributed by atoms with Crippen molar-refractivity contribution in [3.05, 3.63) is 0 Å². The van der Waals surface area contributed by atoms with Crippen LogP contribution in [0.15, 0.2) is 0 Å². The molecule has 0 aromatic heterocycles. The smallest absolute Gasteiger partial charge is 0.206 e. The number of carbonyl (C=O) groups excluding carboxylic acids is 2. The van der Waals surface area contributed by atoms with E-state index in [-0.39, 0.29) is 28.3 Å². The summed E-state index contributed by atoms with van der Waals surface area (Å²) in [7, 11) is 0. The van der Waals surface area contributed by atoms with E-state index in [9.17, 15) is 9.59 Å². The summed E-state index contributed by atoms with van der Waals surface area (Å²) in [6, 6.07) is 0. The maximum Gasteiger partial charge on any atom is 0.206 e. The Hall–Kier alpha value is -0.310. The predicted molar refractivity (Wildman–Crippen MR) is 71.2 cm³/mol. The SMILES string of the molecule is CCCCSCC12CCC(C(=O)C1=O)C2(C)C. The van der Waals surface area contributed by atoms with Crippen molar-refractivity contribution in [1.29, 1.82) is 0 Å². The summed E-state index contributed by atoms with van der Waals surface area (Å²) < 4.78 is 0. The van der Waals surface area contributed by atoms with Crippen LogP contribution in [0, 0.1) is 16.7 Å². The Morgan fingerprint density at radius 2 is 2.06 bits per heavy atom. The second-order valence-corrected chi connectivity index (χ2v) is 7.10. The zero-order valence-electron chi connectivity index (χ0n) is 11.0. The van der Waals surface area contributed by atoms with Crippen molar-refractivity contribution in [1.82, 2.24) is 0 Å². The first kappa shape index (κ1) is 13.1. The van der Waals surface area contributed by atoms with Gasteiger partial charge in [-0.15, -0.1) is 0 Å². The van der Waals surface area contributed by atoms with E-state index in [0.717, 1.165) is 24.3 Å². The molecular formula is C14H22O2S. The van der Waals surface area contributed by atoms with Crippen LogP contribution in [0.3, 0.4) is 0 Å². The molecule has 0 spiro atoms. The summed E-state index contributed by atoms with van der Waals surface area (Å²) in [5.74, 6) is 1.81. The maximum atomic E-state index is 12.2. The highest BCUT2D eigenvalue weighted by Crippen LogP contribution is 2.63. The molecule has 0 aromatic rings. The summed E-state index contributed by atoms with van der Waals surface area (Å²) >= 11 is 1.86. The maximum absolute atomic E-state index is 12.2. The van der Waals surface area contributed by atoms with E-state index in [1.165, 1.54) is 12.8 Å². The standard InChI is InChI=1S/C14H22O2S/c1-4-5-8-17-9-14-7-6-10(13(14,2)3)11(15)12(14)16/h10H,4-9H2,1-3H3. The molecule has 2 aliphatic rings. The van der Waals surface area contributed by atoms with Gasteiger partial charge >= 0.3 is 0 Å². The lowest BCUT2D eigenvalue weighted by Crippen LogP contribution is -2.39. The van der Waals surface area contributed by atoms with Crippen LogP contribution < -0.4 is 0 Å². The highest BCUT2D eigenvalue weighted by Gasteiger charge is 2.68. The number of ketones is 2. The molecule has 3 heteroatoms. The third-order valence-corrected chi connectivity index (χ3v) is 6.20. The fraction of sp³-hybridized carbons (Fsp3) is 0.857. The molecular weight excluding hydrogens is 232 g/mol. The number of hydrogen-bond acceptors (Lipinski definition) is 3. The van der Waals surface area contributed by atoms with Crippen LogP contribution in [0.5, 0.6) is 0 Å². The first-order chi connectivity index (χ1) is 7.97. The van der Waals surface area contributed by atoms with Gasteiger partial charge in [0.15, 0.2) is 0 Å². The van der Waals surface area contributed by atoms with Gasteiger partial charge in [-0.05, 0) is 30.4 Å². The van der Waals surface area contributed by atoms with Gasteiger partial charge in [-0.1, -0.05) is 27.2 Å². The molecule has 2 bridgehead atoms. The van der Waals surface area contributed by atoms with E-state index in [1.54, 1.807) is 0 Å². The minimum absolute atomic E-state index is 0.00164. The van der Waals surface area contributed by atoms with Crippen LogP contribution in [-0.2, 0) is 9.59 Å². The van der Waals surface area contributed by atoms with Crippen LogP contribution in [-0.4, -0.2) is 23.1 Å². The molecule has 2 aliphatic carbocycles. The highest BCUT2D eigenvalue weighted by atomic mass is 32.2. The van der Waals surface area contributed by atoms with E-state index in [1.807, 2.05) is 11.8 Å². The number of unbranched alkanes of at least 4 members (excludes halogenated alkanes) is 1. The molecule has 96 valence electrons. The molecule has 0 radical (unpaired) electrons. The Kier molecular flexibility index (Phi) is 3.41. The number of carbonyl (C=O) groups is 2. The summed E-state index contributed by atoms with van der Waals surface area (Å²) in [5, 5.41) is 0. The lowest BCUT2D eigenvalue weighted by Gasteiger charge is -2.35. The van der Waals surface area contributed by atoms with Gasteiger partial charge in [-0.25, -0.2) is 0 Å². The lowest BCUT2D eigenvalue weighted by atomic mass is 9.70. The van der Waals surface area contributed by atoms with Crippen LogP contribution in [0.2, 0.25) is 0 Å². The zero-order valence-corrected chi connectivity index (χ0v) is 11.9. The summed E-state index contributed by atoms with van der Waals surface area (Å²) in [6.07, 6.45) is 4.24. The molecule has 2 atom stereocenters. The van der Waals surface area contributed by atoms with Crippen LogP contribution in [0.25, 0.3) is 0 Å². The van der Waals surface area contributed by atoms with Crippen molar-refractivity contribution in [2.24, 2.45) is 16.7 Å². The molecule has 2 saturated carbocycles. The molecule has 2 unspecified atom stereocenters. The molecule has 2 fully saturated rings. The van der Waals surface area contributed by atoms with E-state index in [4.69, 9.17) is 0 Å². The number of fused-ring (bicyclic) bond motifs is 2. The van der Waals surface area contributed by atoms with E-state index < -0.39 is 0 Å². The molecule has 2 rings (SSSR count). The van der Waals surface area contributed by atoms with Gasteiger partial charge in [0.1, 0.15) is 0 Å². The minimum Gasteiger partial charge on any atom is -0.291 e. The van der Waals surface area contributed by atoms with Crippen LogP contribution in [0.1, 0.15) is 46.5 Å². The van der Waals surface area contributed by atoms with Crippen molar-refractivity contribution >= 4 is 23.3 Å². The average molecular weight is 254 g/mol. The first-order valence-corrected chi connectivity index (χ1v) is 7.79. The Morgan fingerprint density at radius 3 is 2.59 bits per heavy atom. The van der Waals surface area contributed by atoms with Crippen molar-refractivity contribution in [2.45, 2.75) is 46.5 Å². The quantitative estimate of drug-likeness (QED) is 0.558. The van der Waals surface area contributed by atoms with Crippen LogP contribution >= 0.6 is 11.8 Å². The number of hydrogen-bond donors (Lipinski definition) is 0. The fourth-order valence-electron chi connectivity index (χ4n) is 3.48. The highest BCUT2D eigenvalue weighted by molar-refractivity contribution is 7.99. The van der Waals surface area contributed by atoms with Crippen molar-refractivity contribution in [3.63, 3.8) is 0 Å². The Balaban J connectivity index is 2.11. The molecule has 0 N–H and O–H groups in total. The van der Waals surface area contributed by atoms with Gasteiger partial charge in [0.2, 0.25) is 11.6 Å². The van der Waals surface area contributed by atoms with E-state index >= 15 is 0 Å². The molecule has 0 amide bonds. The van der Waals surface area contributed by atoms with Gasteiger partial charge in [0.05, 0.1) is 5.41 Å². The normalized spacial score (nSPS) is 34.6. The average Bonchev–Trinajstić information content (AvgIpc) is 2.61. The monoisotopic (exact) mass is 254 g/mol. The van der Waals surface area contributed by atoms with Gasteiger partial charge in [-0.2, -0.15) is 11.8 Å². The Bertz CT molecular complexity index is 348. The lowest BCUT2D eigenvalue weighted by molar-refractivity contribution is -0.141. The fourth-order valence-corrected chi connectivity index (χ4v) is 5.12. The van der Waals surface area contributed by atoms with Gasteiger partial charge in [-0.3, -0.25) is 9.59 Å². The molecule has 0 aliphatic heterocycles. The Labute approximate surface area is 108 Å². The van der Waals surface area contributed by atoms with Crippen molar-refractivity contribution < 1.29 is 9.59 Å². The summed E-state index contributed by atoms with van der Waals surface area (Å²) in [6.45, 7) is 6.42. The van der Waals surface area contributed by atoms with Gasteiger partial charge < -0.3 is 0 Å². The molecule has 0 aromatic carbocycles. The van der Waals surface area contributed by atoms with E-state index in [2.05, 4.69) is 20.8 Å². The van der Waals surface area contributed by atoms with Crippen LogP contribution in [0.4, 0.5) is 0 Å². The van der Waals surface area contributed by atoms with E-state index in [0.29, 0.717) is 0 Å². The topological polar surface area (TPSA) is 34.1 Å². The third kappa shape index (κ3) is 1.69. The Morgan fingerprint density at radius 1 is 1.35 bits per heavy atom. The second-order valence-electron chi connectivity index (χ2n) is 5.99. The summed E-state index contributed by atoms with van der Waals surface area (Å²) in [4.78, 5) is 24.1. The van der Waals surface area contributed by atoms with Gasteiger partial charge in [0.25, 0.3) is 0 Å². The second kappa shape index (κ2) is 4.42. The molecule has 0 saturated heterocycles. The first-order valence-electron chi connectivity index (χ1n) is 6.64. The van der Waals surface area contributed by atoms with Crippen molar-refractivity contribution in [3.8, 4) is 0 Å². The molecule has 17 heavy (non-hydrogen) atoms. The third-order valence-electron chi connectivity index (χ3n) is 4.93. The number of rotatable bonds is 5. The predicted octanol–water partition coefficient (Wildman–Crippen LogP) is 3.09.